The first-order chi connectivity index (χ1) is 9.03. The Labute approximate surface area is 118 Å². The molecular formula is C16H32N2O. The third kappa shape index (κ3) is 5.13. The Hall–Kier alpha value is -0.570. The highest BCUT2D eigenvalue weighted by molar-refractivity contribution is 5.81. The van der Waals surface area contributed by atoms with Gasteiger partial charge in [-0.1, -0.05) is 33.1 Å². The molecule has 0 bridgehead atoms. The molecule has 1 aliphatic rings. The third-order valence-corrected chi connectivity index (χ3v) is 4.70. The second-order valence-corrected chi connectivity index (χ2v) is 6.36. The fourth-order valence-corrected chi connectivity index (χ4v) is 3.12. The van der Waals surface area contributed by atoms with Crippen LogP contribution in [0.1, 0.15) is 72.6 Å². The minimum Gasteiger partial charge on any atom is -0.352 e. The van der Waals surface area contributed by atoms with E-state index in [4.69, 9.17) is 0 Å². The first-order valence-electron chi connectivity index (χ1n) is 8.07. The molecule has 2 unspecified atom stereocenters. The number of rotatable bonds is 8. The van der Waals surface area contributed by atoms with Crippen molar-refractivity contribution in [2.75, 3.05) is 6.54 Å². The van der Waals surface area contributed by atoms with Crippen molar-refractivity contribution in [3.8, 4) is 0 Å². The highest BCUT2D eigenvalue weighted by Crippen LogP contribution is 2.40. The summed E-state index contributed by atoms with van der Waals surface area (Å²) in [5.41, 5.74) is 0.448. The average Bonchev–Trinajstić information content (AvgIpc) is 2.85. The monoisotopic (exact) mass is 268 g/mol. The molecule has 1 saturated carbocycles. The Bertz CT molecular complexity index is 272. The highest BCUT2D eigenvalue weighted by atomic mass is 16.2. The number of amides is 1. The molecule has 3 heteroatoms. The lowest BCUT2D eigenvalue weighted by atomic mass is 9.83. The van der Waals surface area contributed by atoms with Crippen LogP contribution in [0.4, 0.5) is 0 Å². The van der Waals surface area contributed by atoms with E-state index in [1.165, 1.54) is 32.1 Å². The van der Waals surface area contributed by atoms with Crippen molar-refractivity contribution >= 4 is 5.91 Å². The summed E-state index contributed by atoms with van der Waals surface area (Å²) in [5.74, 6) is 0.144. The van der Waals surface area contributed by atoms with Crippen molar-refractivity contribution in [3.05, 3.63) is 0 Å². The lowest BCUT2D eigenvalue weighted by molar-refractivity contribution is -0.123. The van der Waals surface area contributed by atoms with Gasteiger partial charge in [0.1, 0.15) is 0 Å². The lowest BCUT2D eigenvalue weighted by Gasteiger charge is -2.29. The van der Waals surface area contributed by atoms with Gasteiger partial charge in [-0.3, -0.25) is 4.79 Å². The van der Waals surface area contributed by atoms with Crippen molar-refractivity contribution in [1.29, 1.82) is 0 Å². The van der Waals surface area contributed by atoms with Crippen molar-refractivity contribution in [3.63, 3.8) is 0 Å². The van der Waals surface area contributed by atoms with Crippen LogP contribution in [0.25, 0.3) is 0 Å². The first kappa shape index (κ1) is 16.5. The summed E-state index contributed by atoms with van der Waals surface area (Å²) in [7, 11) is 0. The Balaban J connectivity index is 2.33. The van der Waals surface area contributed by atoms with E-state index in [2.05, 4.69) is 31.4 Å². The summed E-state index contributed by atoms with van der Waals surface area (Å²) in [6.45, 7) is 9.47. The molecule has 0 heterocycles. The molecule has 2 atom stereocenters. The van der Waals surface area contributed by atoms with Crippen LogP contribution in [0, 0.1) is 5.41 Å². The molecule has 3 nitrogen and oxygen atoms in total. The van der Waals surface area contributed by atoms with Crippen LogP contribution in [0.2, 0.25) is 0 Å². The molecule has 1 rings (SSSR count). The molecule has 0 aromatic heterocycles. The predicted octanol–water partition coefficient (Wildman–Crippen LogP) is 3.24. The third-order valence-electron chi connectivity index (χ3n) is 4.70. The number of hydrogen-bond acceptors (Lipinski definition) is 2. The standard InChI is InChI=1S/C16H32N2O/c1-5-9-13(3)18-15(19)14(4)17-12-16(6-2)10-7-8-11-16/h13-14,17H,5-12H2,1-4H3,(H,18,19). The van der Waals surface area contributed by atoms with Gasteiger partial charge in [-0.15, -0.1) is 0 Å². The maximum atomic E-state index is 12.1. The van der Waals surface area contributed by atoms with Gasteiger partial charge in [0, 0.05) is 12.6 Å². The minimum absolute atomic E-state index is 0.0802. The summed E-state index contributed by atoms with van der Waals surface area (Å²) in [6.07, 6.45) is 8.72. The summed E-state index contributed by atoms with van der Waals surface area (Å²) < 4.78 is 0. The van der Waals surface area contributed by atoms with E-state index in [-0.39, 0.29) is 18.0 Å². The van der Waals surface area contributed by atoms with E-state index < -0.39 is 0 Å². The van der Waals surface area contributed by atoms with Gasteiger partial charge in [0.2, 0.25) is 5.91 Å². The largest absolute Gasteiger partial charge is 0.352 e. The number of nitrogens with one attached hydrogen (secondary N) is 2. The normalized spacial score (nSPS) is 21.1. The summed E-state index contributed by atoms with van der Waals surface area (Å²) in [4.78, 5) is 12.1. The molecule has 0 radical (unpaired) electrons. The van der Waals surface area contributed by atoms with Crippen LogP contribution < -0.4 is 10.6 Å². The van der Waals surface area contributed by atoms with Gasteiger partial charge in [-0.05, 0) is 44.9 Å². The Morgan fingerprint density at radius 1 is 1.21 bits per heavy atom. The summed E-state index contributed by atoms with van der Waals surface area (Å²) in [5, 5.41) is 6.54. The van der Waals surface area contributed by atoms with E-state index in [0.717, 1.165) is 19.4 Å². The Morgan fingerprint density at radius 2 is 1.84 bits per heavy atom. The van der Waals surface area contributed by atoms with Gasteiger partial charge >= 0.3 is 0 Å². The predicted molar refractivity (Wildman–Crippen MR) is 81.2 cm³/mol. The second-order valence-electron chi connectivity index (χ2n) is 6.36. The molecule has 0 aromatic carbocycles. The van der Waals surface area contributed by atoms with Crippen LogP contribution in [-0.2, 0) is 4.79 Å². The first-order valence-corrected chi connectivity index (χ1v) is 8.07. The zero-order valence-corrected chi connectivity index (χ0v) is 13.2. The van der Waals surface area contributed by atoms with Gasteiger partial charge in [-0.2, -0.15) is 0 Å². The fourth-order valence-electron chi connectivity index (χ4n) is 3.12. The van der Waals surface area contributed by atoms with Crippen LogP contribution in [0.15, 0.2) is 0 Å². The topological polar surface area (TPSA) is 41.1 Å². The molecule has 1 fully saturated rings. The van der Waals surface area contributed by atoms with Crippen molar-refractivity contribution < 1.29 is 4.79 Å². The van der Waals surface area contributed by atoms with Crippen LogP contribution in [0.3, 0.4) is 0 Å². The van der Waals surface area contributed by atoms with Gasteiger partial charge in [0.25, 0.3) is 0 Å². The van der Waals surface area contributed by atoms with Crippen molar-refractivity contribution in [2.45, 2.75) is 84.7 Å². The molecule has 2 N–H and O–H groups in total. The molecule has 19 heavy (non-hydrogen) atoms. The van der Waals surface area contributed by atoms with Crippen molar-refractivity contribution in [2.24, 2.45) is 5.41 Å². The van der Waals surface area contributed by atoms with Crippen molar-refractivity contribution in [1.82, 2.24) is 10.6 Å². The van der Waals surface area contributed by atoms with Gasteiger partial charge < -0.3 is 10.6 Å². The zero-order valence-electron chi connectivity index (χ0n) is 13.2. The van der Waals surface area contributed by atoms with Crippen LogP contribution >= 0.6 is 0 Å². The van der Waals surface area contributed by atoms with Gasteiger partial charge in [0.15, 0.2) is 0 Å². The van der Waals surface area contributed by atoms with E-state index in [0.29, 0.717) is 5.41 Å². The molecule has 0 aliphatic heterocycles. The summed E-state index contributed by atoms with van der Waals surface area (Å²) in [6, 6.07) is 0.205. The average molecular weight is 268 g/mol. The van der Waals surface area contributed by atoms with Crippen LogP contribution in [-0.4, -0.2) is 24.5 Å². The molecule has 112 valence electrons. The molecule has 0 saturated heterocycles. The molecular weight excluding hydrogens is 236 g/mol. The van der Waals surface area contributed by atoms with Crippen LogP contribution in [0.5, 0.6) is 0 Å². The number of carbonyl (C=O) groups excluding carboxylic acids is 1. The van der Waals surface area contributed by atoms with E-state index in [9.17, 15) is 4.79 Å². The SMILES string of the molecule is CCCC(C)NC(=O)C(C)NCC1(CC)CCCC1. The Kier molecular flexibility index (Phi) is 6.84. The Morgan fingerprint density at radius 3 is 2.37 bits per heavy atom. The number of hydrogen-bond donors (Lipinski definition) is 2. The molecule has 0 aromatic rings. The maximum Gasteiger partial charge on any atom is 0.237 e. The van der Waals surface area contributed by atoms with Gasteiger partial charge in [0.05, 0.1) is 6.04 Å². The summed E-state index contributed by atoms with van der Waals surface area (Å²) >= 11 is 0. The molecule has 1 aliphatic carbocycles. The zero-order chi connectivity index (χ0) is 14.3. The van der Waals surface area contributed by atoms with Gasteiger partial charge in [-0.25, -0.2) is 0 Å². The highest BCUT2D eigenvalue weighted by Gasteiger charge is 2.32. The van der Waals surface area contributed by atoms with E-state index in [1.807, 2.05) is 6.92 Å². The minimum atomic E-state index is -0.0802. The number of carbonyl (C=O) groups is 1. The van der Waals surface area contributed by atoms with E-state index in [1.54, 1.807) is 0 Å². The quantitative estimate of drug-likeness (QED) is 0.709. The fraction of sp³-hybridized carbons (Fsp3) is 0.938. The lowest BCUT2D eigenvalue weighted by Crippen LogP contribution is -2.48. The van der Waals surface area contributed by atoms with E-state index >= 15 is 0 Å². The maximum absolute atomic E-state index is 12.1. The second kappa shape index (κ2) is 7.88. The molecule has 0 spiro atoms. The molecule has 1 amide bonds. The smallest absolute Gasteiger partial charge is 0.237 e.